The average Bonchev–Trinajstić information content (AvgIpc) is 3.07. The summed E-state index contributed by atoms with van der Waals surface area (Å²) in [4.78, 5) is 54.8. The predicted octanol–water partition coefficient (Wildman–Crippen LogP) is 10.7. The summed E-state index contributed by atoms with van der Waals surface area (Å²) >= 11 is 0. The zero-order valence-corrected chi connectivity index (χ0v) is 32.2. The van der Waals surface area contributed by atoms with Crippen LogP contribution in [0.1, 0.15) is 168 Å². The lowest BCUT2D eigenvalue weighted by Crippen LogP contribution is -2.29. The van der Waals surface area contributed by atoms with Crippen LogP contribution in [0, 0.1) is 0 Å². The number of esters is 2. The van der Waals surface area contributed by atoms with Crippen molar-refractivity contribution >= 4 is 25.5 Å². The van der Waals surface area contributed by atoms with E-state index in [0.717, 1.165) is 38.5 Å². The van der Waals surface area contributed by atoms with Gasteiger partial charge in [-0.05, 0) is 44.6 Å². The Hall–Kier alpha value is -2.32. The Morgan fingerprint density at radius 2 is 1.10 bits per heavy atom. The Morgan fingerprint density at radius 1 is 0.580 bits per heavy atom. The van der Waals surface area contributed by atoms with Crippen LogP contribution in [-0.2, 0) is 32.9 Å². The standard InChI is InChI=1S/C40H69O9P/c1-3-5-7-9-11-13-15-17-19-21-23-25-27-29-33-40(43)49-38(36-48-50(44,45)46)35-47-39(42)34-30-32-37(41)31-28-26-24-22-20-18-16-14-12-10-8-6-4-2/h12,14,18,20,24,26,28,31,38H,3-11,13,15-17,19,21-23,25,27,29-30,32-36H2,1-2H3,(H2,44,45,46)/b14-12-,20-18-,26-24-,31-28+/t38-/m1/s1. The van der Waals surface area contributed by atoms with Gasteiger partial charge in [0, 0.05) is 19.3 Å². The summed E-state index contributed by atoms with van der Waals surface area (Å²) in [6, 6.07) is 0. The lowest BCUT2D eigenvalue weighted by molar-refractivity contribution is -0.161. The van der Waals surface area contributed by atoms with Crippen LogP contribution >= 0.6 is 7.82 Å². The molecule has 0 radical (unpaired) electrons. The van der Waals surface area contributed by atoms with Gasteiger partial charge < -0.3 is 19.3 Å². The van der Waals surface area contributed by atoms with Gasteiger partial charge in [-0.1, -0.05) is 153 Å². The number of phosphoric ester groups is 1. The molecule has 1 atom stereocenters. The van der Waals surface area contributed by atoms with Crippen molar-refractivity contribution in [2.24, 2.45) is 0 Å². The summed E-state index contributed by atoms with van der Waals surface area (Å²) in [5, 5.41) is 0. The van der Waals surface area contributed by atoms with Crippen LogP contribution in [-0.4, -0.2) is 46.8 Å². The molecule has 50 heavy (non-hydrogen) atoms. The molecule has 0 rings (SSSR count). The molecule has 0 aromatic rings. The number of ether oxygens (including phenoxy) is 2. The topological polar surface area (TPSA) is 136 Å². The Labute approximate surface area is 303 Å². The molecule has 0 unspecified atom stereocenters. The Kier molecular flexibility index (Phi) is 33.5. The molecule has 0 saturated heterocycles. The van der Waals surface area contributed by atoms with Crippen LogP contribution in [0.25, 0.3) is 0 Å². The summed E-state index contributed by atoms with van der Waals surface area (Å²) in [5.74, 6) is -1.25. The normalized spacial score (nSPS) is 12.9. The van der Waals surface area contributed by atoms with Gasteiger partial charge in [-0.3, -0.25) is 18.9 Å². The Balaban J connectivity index is 4.16. The maximum atomic E-state index is 12.4. The summed E-state index contributed by atoms with van der Waals surface area (Å²) in [6.07, 6.45) is 38.4. The van der Waals surface area contributed by atoms with Gasteiger partial charge in [-0.2, -0.15) is 0 Å². The van der Waals surface area contributed by atoms with Gasteiger partial charge >= 0.3 is 19.8 Å². The highest BCUT2D eigenvalue weighted by molar-refractivity contribution is 7.46. The van der Waals surface area contributed by atoms with Crippen LogP contribution in [0.15, 0.2) is 48.6 Å². The van der Waals surface area contributed by atoms with Crippen molar-refractivity contribution in [2.45, 2.75) is 174 Å². The minimum Gasteiger partial charge on any atom is -0.462 e. The van der Waals surface area contributed by atoms with Gasteiger partial charge in [0.1, 0.15) is 6.61 Å². The molecule has 0 bridgehead atoms. The van der Waals surface area contributed by atoms with Gasteiger partial charge in [0.2, 0.25) is 0 Å². The van der Waals surface area contributed by atoms with E-state index in [1.807, 2.05) is 12.2 Å². The third kappa shape index (κ3) is 36.9. The van der Waals surface area contributed by atoms with Gasteiger partial charge in [0.15, 0.2) is 11.9 Å². The first-order valence-electron chi connectivity index (χ1n) is 19.4. The fourth-order valence-corrected chi connectivity index (χ4v) is 5.51. The number of hydrogen-bond acceptors (Lipinski definition) is 7. The van der Waals surface area contributed by atoms with Crippen LogP contribution < -0.4 is 0 Å². The predicted molar refractivity (Wildman–Crippen MR) is 203 cm³/mol. The number of carbonyl (C=O) groups is 3. The second kappa shape index (κ2) is 35.1. The minimum absolute atomic E-state index is 0.0215. The molecule has 9 nitrogen and oxygen atoms in total. The lowest BCUT2D eigenvalue weighted by atomic mass is 10.0. The second-order valence-electron chi connectivity index (χ2n) is 12.9. The zero-order chi connectivity index (χ0) is 37.0. The van der Waals surface area contributed by atoms with E-state index >= 15 is 0 Å². The summed E-state index contributed by atoms with van der Waals surface area (Å²) in [6.45, 7) is 3.44. The van der Waals surface area contributed by atoms with E-state index in [4.69, 9.17) is 19.3 Å². The third-order valence-corrected chi connectivity index (χ3v) is 8.56. The van der Waals surface area contributed by atoms with Gasteiger partial charge in [0.05, 0.1) is 6.61 Å². The van der Waals surface area contributed by atoms with Crippen molar-refractivity contribution in [3.8, 4) is 0 Å². The Morgan fingerprint density at radius 3 is 1.70 bits per heavy atom. The third-order valence-electron chi connectivity index (χ3n) is 8.08. The molecule has 0 aromatic carbocycles. The summed E-state index contributed by atoms with van der Waals surface area (Å²) in [7, 11) is -4.80. The number of hydrogen-bond donors (Lipinski definition) is 2. The molecule has 0 aliphatic rings. The first-order valence-corrected chi connectivity index (χ1v) is 20.9. The van der Waals surface area contributed by atoms with Crippen molar-refractivity contribution in [2.75, 3.05) is 13.2 Å². The fraction of sp³-hybridized carbons (Fsp3) is 0.725. The van der Waals surface area contributed by atoms with E-state index in [9.17, 15) is 18.9 Å². The highest BCUT2D eigenvalue weighted by Crippen LogP contribution is 2.36. The molecule has 0 amide bonds. The number of phosphoric acid groups is 1. The first kappa shape index (κ1) is 47.7. The summed E-state index contributed by atoms with van der Waals surface area (Å²) in [5.41, 5.74) is 0. The maximum absolute atomic E-state index is 12.4. The number of carbonyl (C=O) groups excluding carboxylic acids is 3. The highest BCUT2D eigenvalue weighted by atomic mass is 31.2. The lowest BCUT2D eigenvalue weighted by Gasteiger charge is -2.18. The van der Waals surface area contributed by atoms with Crippen molar-refractivity contribution in [1.82, 2.24) is 0 Å². The largest absolute Gasteiger partial charge is 0.469 e. The smallest absolute Gasteiger partial charge is 0.462 e. The number of rotatable bonds is 35. The minimum atomic E-state index is -4.80. The van der Waals surface area contributed by atoms with E-state index in [1.165, 1.54) is 89.5 Å². The fourth-order valence-electron chi connectivity index (χ4n) is 5.15. The van der Waals surface area contributed by atoms with E-state index in [2.05, 4.69) is 42.7 Å². The maximum Gasteiger partial charge on any atom is 0.469 e. The molecule has 288 valence electrons. The monoisotopic (exact) mass is 724 g/mol. The molecule has 0 aromatic heterocycles. The van der Waals surface area contributed by atoms with Crippen molar-refractivity contribution < 1.29 is 42.7 Å². The quantitative estimate of drug-likeness (QED) is 0.0163. The van der Waals surface area contributed by atoms with Gasteiger partial charge in [-0.25, -0.2) is 4.57 Å². The highest BCUT2D eigenvalue weighted by Gasteiger charge is 2.23. The SMILES string of the molecule is CCCCC/C=C\C/C=C\C/C=C\C=C\C(=O)CCCC(=O)OC[C@H](COP(=O)(O)O)OC(=O)CCCCCCCCCCCCCCCC. The van der Waals surface area contributed by atoms with E-state index in [-0.39, 0.29) is 31.5 Å². The molecule has 2 N–H and O–H groups in total. The first-order chi connectivity index (χ1) is 24.2. The molecule has 0 aliphatic heterocycles. The number of ketones is 1. The molecule has 0 aliphatic carbocycles. The molecule has 0 heterocycles. The van der Waals surface area contributed by atoms with Crippen molar-refractivity contribution in [3.63, 3.8) is 0 Å². The molecule has 10 heteroatoms. The van der Waals surface area contributed by atoms with Crippen molar-refractivity contribution in [1.29, 1.82) is 0 Å². The van der Waals surface area contributed by atoms with E-state index < -0.39 is 39.1 Å². The van der Waals surface area contributed by atoms with Gasteiger partial charge in [-0.15, -0.1) is 0 Å². The molecular formula is C40H69O9P. The zero-order valence-electron chi connectivity index (χ0n) is 31.3. The van der Waals surface area contributed by atoms with Crippen LogP contribution in [0.3, 0.4) is 0 Å². The second-order valence-corrected chi connectivity index (χ2v) is 14.2. The summed E-state index contributed by atoms with van der Waals surface area (Å²) < 4.78 is 26.1. The number of allylic oxidation sites excluding steroid dienone is 8. The van der Waals surface area contributed by atoms with Crippen LogP contribution in [0.2, 0.25) is 0 Å². The number of unbranched alkanes of at least 4 members (excludes halogenated alkanes) is 16. The molecule has 0 spiro atoms. The Bertz CT molecular complexity index is 1010. The van der Waals surface area contributed by atoms with Crippen LogP contribution in [0.4, 0.5) is 0 Å². The van der Waals surface area contributed by atoms with Gasteiger partial charge in [0.25, 0.3) is 0 Å². The molecule has 0 fully saturated rings. The van der Waals surface area contributed by atoms with Crippen molar-refractivity contribution in [3.05, 3.63) is 48.6 Å². The van der Waals surface area contributed by atoms with Crippen LogP contribution in [0.5, 0.6) is 0 Å². The van der Waals surface area contributed by atoms with E-state index in [1.54, 1.807) is 6.08 Å². The molecular weight excluding hydrogens is 655 g/mol. The molecule has 0 saturated carbocycles. The van der Waals surface area contributed by atoms with E-state index in [0.29, 0.717) is 6.42 Å². The average molecular weight is 725 g/mol.